The maximum absolute atomic E-state index is 2.92. The summed E-state index contributed by atoms with van der Waals surface area (Å²) < 4.78 is 5.59. The average Bonchev–Trinajstić information content (AvgIpc) is 1.47. The normalized spacial score (nSPS) is 21.4. The van der Waals surface area contributed by atoms with Crippen LogP contribution in [-0.2, 0) is 21.7 Å². The summed E-state index contributed by atoms with van der Waals surface area (Å²) in [5.74, 6) is 0. The van der Waals surface area contributed by atoms with Crippen molar-refractivity contribution in [2.24, 2.45) is 0 Å². The van der Waals surface area contributed by atoms with E-state index < -0.39 is 10.8 Å². The Morgan fingerprint density at radius 1 is 0.262 bits per heavy atom. The van der Waals surface area contributed by atoms with Gasteiger partial charge in [0.2, 0.25) is 0 Å². The Labute approximate surface area is 735 Å². The van der Waals surface area contributed by atoms with E-state index in [4.69, 9.17) is 0 Å². The number of nitrogens with zero attached hydrogens (tertiary/aromatic N) is 6. The number of fused-ring (bicyclic) bond motifs is 38. The van der Waals surface area contributed by atoms with Crippen LogP contribution in [-0.4, -0.2) is 33.6 Å². The van der Waals surface area contributed by atoms with E-state index >= 15 is 0 Å². The number of rotatable bonds is 7. The van der Waals surface area contributed by atoms with Gasteiger partial charge < -0.3 is 28.7 Å². The van der Waals surface area contributed by atoms with Gasteiger partial charge in [0.1, 0.15) is 0 Å². The molecule has 18 aromatic rings. The van der Waals surface area contributed by atoms with E-state index in [1.54, 1.807) is 0 Å². The Morgan fingerprint density at radius 2 is 0.603 bits per heavy atom. The smallest absolute Gasteiger partial charge is 0.252 e. The topological polar surface area (TPSA) is 22.8 Å². The Hall–Kier alpha value is -14.1. The molecule has 8 heterocycles. The summed E-state index contributed by atoms with van der Waals surface area (Å²) >= 11 is 0. The maximum atomic E-state index is 2.92. The van der Waals surface area contributed by atoms with Crippen molar-refractivity contribution in [3.63, 3.8) is 0 Å². The van der Waals surface area contributed by atoms with Gasteiger partial charge in [-0.25, -0.2) is 0 Å². The molecule has 2 aromatic heterocycles. The van der Waals surface area contributed by atoms with Gasteiger partial charge in [-0.05, 0) is 229 Å². The van der Waals surface area contributed by atoms with Crippen molar-refractivity contribution in [1.82, 2.24) is 9.13 Å². The molecule has 0 saturated heterocycles. The maximum Gasteiger partial charge on any atom is 0.252 e. The quantitative estimate of drug-likeness (QED) is 0.148. The van der Waals surface area contributed by atoms with Gasteiger partial charge in [-0.2, -0.15) is 0 Å². The first-order valence-corrected chi connectivity index (χ1v) is 46.1. The Bertz CT molecular complexity index is 7930. The molecular formula is C118H86B2N6. The largest absolute Gasteiger partial charge is 0.335 e. The van der Waals surface area contributed by atoms with Gasteiger partial charge in [0.25, 0.3) is 13.4 Å². The van der Waals surface area contributed by atoms with Crippen LogP contribution >= 0.6 is 0 Å². The lowest BCUT2D eigenvalue weighted by atomic mass is 9.33. The van der Waals surface area contributed by atoms with Gasteiger partial charge in [-0.3, -0.25) is 0 Å². The molecule has 594 valence electrons. The summed E-state index contributed by atoms with van der Waals surface area (Å²) in [7, 11) is 0. The molecule has 2 fully saturated rings. The number of aromatic nitrogens is 2. The second-order valence-electron chi connectivity index (χ2n) is 39.3. The second-order valence-corrected chi connectivity index (χ2v) is 39.3. The molecule has 0 amide bonds. The predicted octanol–water partition coefficient (Wildman–Crippen LogP) is 24.6. The van der Waals surface area contributed by atoms with Crippen LogP contribution in [0.3, 0.4) is 0 Å². The molecule has 2 spiro atoms. The summed E-state index contributed by atoms with van der Waals surface area (Å²) in [5.41, 5.74) is 51.0. The molecular weight excluding hydrogens is 1520 g/mol. The Morgan fingerprint density at radius 3 is 1.06 bits per heavy atom. The minimum Gasteiger partial charge on any atom is -0.335 e. The fourth-order valence-corrected chi connectivity index (χ4v) is 29.1. The lowest BCUT2D eigenvalue weighted by Gasteiger charge is -2.52. The van der Waals surface area contributed by atoms with E-state index in [1.807, 2.05) is 0 Å². The monoisotopic (exact) mass is 1610 g/mol. The molecule has 126 heavy (non-hydrogen) atoms. The molecule has 6 aliphatic heterocycles. The first kappa shape index (κ1) is 69.3. The first-order valence-electron chi connectivity index (χ1n) is 46.1. The zero-order valence-corrected chi connectivity index (χ0v) is 71.0. The van der Waals surface area contributed by atoms with Gasteiger partial charge >= 0.3 is 0 Å². The average molecular weight is 1610 g/mol. The lowest BCUT2D eigenvalue weighted by Crippen LogP contribution is -2.64. The second kappa shape index (κ2) is 23.7. The number of para-hydroxylation sites is 7. The number of hydrogen-bond donors (Lipinski definition) is 0. The van der Waals surface area contributed by atoms with Crippen molar-refractivity contribution in [3.05, 3.63) is 407 Å². The van der Waals surface area contributed by atoms with Crippen molar-refractivity contribution in [2.45, 2.75) is 112 Å². The van der Waals surface area contributed by atoms with Gasteiger partial charge in [-0.1, -0.05) is 313 Å². The minimum absolute atomic E-state index is 0.000287. The molecule has 30 rings (SSSR count). The van der Waals surface area contributed by atoms with E-state index in [2.05, 4.69) is 408 Å². The fraction of sp³-hybridized carbons (Fsp3) is 0.153. The van der Waals surface area contributed by atoms with Gasteiger partial charge in [0, 0.05) is 112 Å². The van der Waals surface area contributed by atoms with E-state index in [1.165, 1.54) is 232 Å². The summed E-state index contributed by atoms with van der Waals surface area (Å²) in [6, 6.07) is 138. The fourth-order valence-electron chi connectivity index (χ4n) is 29.1. The molecule has 6 aliphatic carbocycles. The summed E-state index contributed by atoms with van der Waals surface area (Å²) in [4.78, 5) is 11.0. The van der Waals surface area contributed by atoms with Crippen LogP contribution < -0.4 is 52.4 Å². The molecule has 8 heteroatoms. The lowest BCUT2D eigenvalue weighted by molar-refractivity contribution is 0.195. The Balaban J connectivity index is 0.631. The number of hydrogen-bond acceptors (Lipinski definition) is 4. The number of anilines is 10. The van der Waals surface area contributed by atoms with Gasteiger partial charge in [0.15, 0.2) is 0 Å². The van der Waals surface area contributed by atoms with Crippen LogP contribution in [0.5, 0.6) is 0 Å². The van der Waals surface area contributed by atoms with E-state index in [0.29, 0.717) is 0 Å². The predicted molar refractivity (Wildman–Crippen MR) is 522 cm³/mol. The standard InChI is InChI=1S/C118H86B2N6/c1-113-61-24-26-63-115(113,3)125-101-69-77(121(73-34-8-5-9-35-73)74-36-10-6-11-37-74)67-99-105(101)119(97-57-31-53-93(113)111(97)125)96-56-30-47-85-104-110(123(99)108(85)96)83-45-18-23-52-91(83)118(104)89-50-21-16-43-81(89)86-66-72(59-60-92(86)118)71-33-28-40-76(65-71)122(75-38-12-7-13-39-75)78-68-100-106-102(70-78)126-112-94(114(2)62-25-27-64-116(114,126)4)54-32-58-98(112)120(106)95-55-29-46-84-103-109(124(100)107(84)95)82-44-17-22-51-90(82)117(103)87-48-19-14-41-79(87)80-42-15-20-49-88(80)117/h5-23,28-60,65-70H,24-27,61-64H2,1-4H3. The van der Waals surface area contributed by atoms with Crippen LogP contribution in [0, 0.1) is 0 Å². The van der Waals surface area contributed by atoms with Crippen LogP contribution in [0.15, 0.2) is 352 Å². The van der Waals surface area contributed by atoms with Crippen molar-refractivity contribution in [3.8, 4) is 67.3 Å². The van der Waals surface area contributed by atoms with Crippen LogP contribution in [0.2, 0.25) is 0 Å². The van der Waals surface area contributed by atoms with Crippen LogP contribution in [0.4, 0.5) is 56.9 Å². The van der Waals surface area contributed by atoms with Crippen LogP contribution in [0.25, 0.3) is 89.1 Å². The molecule has 5 unspecified atom stereocenters. The van der Waals surface area contributed by atoms with Crippen molar-refractivity contribution in [1.29, 1.82) is 0 Å². The molecule has 0 bridgehead atoms. The summed E-state index contributed by atoms with van der Waals surface area (Å²) in [6.07, 6.45) is 9.43. The third-order valence-corrected chi connectivity index (χ3v) is 34.3. The van der Waals surface area contributed by atoms with E-state index in [-0.39, 0.29) is 35.3 Å². The SMILES string of the molecule is CC12CCCCC1(C)N1c3cc(N(c4ccccc4)c4cccc(-c5ccc6c(c5)-c5ccccc5C65c6ccccc6-c6c5c5cccc7c5n6-c5cc(N(c6ccccc6)c6ccccc6)cc6c5B7c5cccc7c5N6C5(C)CCCCC75C)c4)cc4c3B(c3cccc2c31)c1cccc2c3c(n-4c12)-c1ccccc1C31c2ccccc2-c2ccccc21. The third kappa shape index (κ3) is 7.84. The van der Waals surface area contributed by atoms with Gasteiger partial charge in [-0.15, -0.1) is 0 Å². The molecule has 2 saturated carbocycles. The van der Waals surface area contributed by atoms with Crippen molar-refractivity contribution < 1.29 is 0 Å². The molecule has 16 aromatic carbocycles. The van der Waals surface area contributed by atoms with Crippen LogP contribution in [0.1, 0.15) is 135 Å². The molecule has 6 nitrogen and oxygen atoms in total. The Kier molecular flexibility index (Phi) is 13.0. The number of benzene rings is 16. The zero-order valence-electron chi connectivity index (χ0n) is 71.0. The van der Waals surface area contributed by atoms with Crippen molar-refractivity contribution >= 4 is 125 Å². The highest BCUT2D eigenvalue weighted by Crippen LogP contribution is 2.71. The molecule has 5 atom stereocenters. The van der Waals surface area contributed by atoms with Crippen molar-refractivity contribution in [2.75, 3.05) is 19.6 Å². The third-order valence-electron chi connectivity index (χ3n) is 34.3. The molecule has 0 radical (unpaired) electrons. The first-order chi connectivity index (χ1) is 62.0. The van der Waals surface area contributed by atoms with Gasteiger partial charge in [0.05, 0.1) is 44.7 Å². The molecule has 12 aliphatic rings. The molecule has 0 N–H and O–H groups in total. The zero-order chi connectivity index (χ0) is 82.5. The highest BCUT2D eigenvalue weighted by atomic mass is 15.3. The highest BCUT2D eigenvalue weighted by molar-refractivity contribution is 7.01. The highest BCUT2D eigenvalue weighted by Gasteiger charge is 2.65. The summed E-state index contributed by atoms with van der Waals surface area (Å²) in [6.45, 7) is 10.5. The van der Waals surface area contributed by atoms with E-state index in [0.717, 1.165) is 53.4 Å². The minimum atomic E-state index is -0.666. The summed E-state index contributed by atoms with van der Waals surface area (Å²) in [5, 5.41) is 2.65. The van der Waals surface area contributed by atoms with E-state index in [9.17, 15) is 0 Å².